The van der Waals surface area contributed by atoms with Crippen LogP contribution < -0.4 is 0 Å². The average Bonchev–Trinajstić information content (AvgIpc) is 2.40. The summed E-state index contributed by atoms with van der Waals surface area (Å²) in [5.74, 6) is -0.410. The molecule has 0 aromatic heterocycles. The molecule has 3 nitrogen and oxygen atoms in total. The maximum absolute atomic E-state index is 5.53. The zero-order valence-corrected chi connectivity index (χ0v) is 10.7. The van der Waals surface area contributed by atoms with E-state index >= 15 is 0 Å². The van der Waals surface area contributed by atoms with Gasteiger partial charge in [0.1, 0.15) is 0 Å². The van der Waals surface area contributed by atoms with Crippen LogP contribution in [0.5, 0.6) is 0 Å². The lowest BCUT2D eigenvalue weighted by molar-refractivity contribution is -0.233. The molecule has 1 saturated heterocycles. The van der Waals surface area contributed by atoms with Gasteiger partial charge in [-0.25, -0.2) is 0 Å². The molecule has 0 unspecified atom stereocenters. The second-order valence-corrected chi connectivity index (χ2v) is 4.62. The van der Waals surface area contributed by atoms with E-state index in [9.17, 15) is 0 Å². The van der Waals surface area contributed by atoms with E-state index in [1.807, 2.05) is 6.07 Å². The van der Waals surface area contributed by atoms with Crippen LogP contribution in [0.15, 0.2) is 30.3 Å². The van der Waals surface area contributed by atoms with E-state index in [2.05, 4.69) is 29.2 Å². The first-order valence-electron chi connectivity index (χ1n) is 6.14. The van der Waals surface area contributed by atoms with E-state index in [-0.39, 0.29) is 0 Å². The first kappa shape index (κ1) is 12.6. The highest BCUT2D eigenvalue weighted by molar-refractivity contribution is 5.14. The van der Waals surface area contributed by atoms with E-state index in [0.29, 0.717) is 0 Å². The van der Waals surface area contributed by atoms with Crippen LogP contribution in [-0.4, -0.2) is 38.0 Å². The maximum atomic E-state index is 5.53. The molecule has 0 bridgehead atoms. The van der Waals surface area contributed by atoms with Gasteiger partial charge in [-0.3, -0.25) is 4.90 Å². The van der Waals surface area contributed by atoms with Gasteiger partial charge in [-0.05, 0) is 18.5 Å². The standard InChI is InChI=1S/C14H21NO2/c1-16-14(17-2)9-6-10-15(12-14)11-13-7-4-3-5-8-13/h3-5,7-8H,6,9-12H2,1-2H3. The molecule has 1 aliphatic heterocycles. The summed E-state index contributed by atoms with van der Waals surface area (Å²) in [6.07, 6.45) is 2.10. The largest absolute Gasteiger partial charge is 0.352 e. The molecule has 0 saturated carbocycles. The molecule has 0 radical (unpaired) electrons. The number of rotatable bonds is 4. The summed E-state index contributed by atoms with van der Waals surface area (Å²) in [4.78, 5) is 2.39. The number of benzene rings is 1. The van der Waals surface area contributed by atoms with E-state index in [0.717, 1.165) is 32.5 Å². The number of nitrogens with zero attached hydrogens (tertiary/aromatic N) is 1. The SMILES string of the molecule is COC1(OC)CCCN(Cc2ccccc2)C1. The topological polar surface area (TPSA) is 21.7 Å². The third-order valence-electron chi connectivity index (χ3n) is 3.49. The minimum absolute atomic E-state index is 0.410. The zero-order valence-electron chi connectivity index (χ0n) is 10.7. The highest BCUT2D eigenvalue weighted by Gasteiger charge is 2.35. The molecule has 0 N–H and O–H groups in total. The van der Waals surface area contributed by atoms with Crippen molar-refractivity contribution in [1.29, 1.82) is 0 Å². The smallest absolute Gasteiger partial charge is 0.180 e. The van der Waals surface area contributed by atoms with Gasteiger partial charge in [-0.15, -0.1) is 0 Å². The van der Waals surface area contributed by atoms with E-state index in [1.165, 1.54) is 5.56 Å². The fourth-order valence-electron chi connectivity index (χ4n) is 2.46. The Morgan fingerprint density at radius 3 is 2.53 bits per heavy atom. The number of likely N-dealkylation sites (tertiary alicyclic amines) is 1. The Kier molecular flexibility index (Phi) is 4.15. The van der Waals surface area contributed by atoms with Gasteiger partial charge in [-0.2, -0.15) is 0 Å². The van der Waals surface area contributed by atoms with Crippen molar-refractivity contribution in [2.24, 2.45) is 0 Å². The van der Waals surface area contributed by atoms with Crippen LogP contribution in [0.3, 0.4) is 0 Å². The molecular formula is C14H21NO2. The Morgan fingerprint density at radius 1 is 1.18 bits per heavy atom. The number of hydrogen-bond donors (Lipinski definition) is 0. The summed E-state index contributed by atoms with van der Waals surface area (Å²) in [6, 6.07) is 10.5. The van der Waals surface area contributed by atoms with Crippen molar-refractivity contribution in [3.63, 3.8) is 0 Å². The lowest BCUT2D eigenvalue weighted by atomic mass is 10.0. The van der Waals surface area contributed by atoms with Crippen molar-refractivity contribution in [2.75, 3.05) is 27.3 Å². The first-order chi connectivity index (χ1) is 8.28. The van der Waals surface area contributed by atoms with E-state index < -0.39 is 5.79 Å². The molecule has 0 amide bonds. The van der Waals surface area contributed by atoms with Gasteiger partial charge < -0.3 is 9.47 Å². The Morgan fingerprint density at radius 2 is 1.88 bits per heavy atom. The highest BCUT2D eigenvalue weighted by Crippen LogP contribution is 2.26. The second kappa shape index (κ2) is 5.63. The number of piperidine rings is 1. The Labute approximate surface area is 103 Å². The average molecular weight is 235 g/mol. The van der Waals surface area contributed by atoms with Gasteiger partial charge in [0.15, 0.2) is 5.79 Å². The quantitative estimate of drug-likeness (QED) is 0.747. The number of ether oxygens (including phenoxy) is 2. The van der Waals surface area contributed by atoms with Crippen LogP contribution in [0, 0.1) is 0 Å². The van der Waals surface area contributed by atoms with Crippen LogP contribution in [0.1, 0.15) is 18.4 Å². The first-order valence-corrected chi connectivity index (χ1v) is 6.14. The lowest BCUT2D eigenvalue weighted by Crippen LogP contribution is -2.50. The summed E-state index contributed by atoms with van der Waals surface area (Å²) in [6.45, 7) is 2.92. The molecule has 3 heteroatoms. The molecule has 1 aromatic rings. The lowest BCUT2D eigenvalue weighted by Gasteiger charge is -2.40. The third kappa shape index (κ3) is 3.06. The number of hydrogen-bond acceptors (Lipinski definition) is 3. The monoisotopic (exact) mass is 235 g/mol. The normalized spacial score (nSPS) is 20.4. The highest BCUT2D eigenvalue weighted by atomic mass is 16.7. The van der Waals surface area contributed by atoms with Crippen molar-refractivity contribution in [2.45, 2.75) is 25.2 Å². The fraction of sp³-hybridized carbons (Fsp3) is 0.571. The molecule has 1 aromatic carbocycles. The third-order valence-corrected chi connectivity index (χ3v) is 3.49. The van der Waals surface area contributed by atoms with Crippen molar-refractivity contribution in [3.8, 4) is 0 Å². The van der Waals surface area contributed by atoms with Gasteiger partial charge in [0.25, 0.3) is 0 Å². The van der Waals surface area contributed by atoms with Gasteiger partial charge >= 0.3 is 0 Å². The molecule has 2 rings (SSSR count). The molecule has 94 valence electrons. The van der Waals surface area contributed by atoms with Crippen LogP contribution >= 0.6 is 0 Å². The predicted octanol–water partition coefficient (Wildman–Crippen LogP) is 2.27. The van der Waals surface area contributed by atoms with Crippen LogP contribution in [-0.2, 0) is 16.0 Å². The van der Waals surface area contributed by atoms with Crippen molar-refractivity contribution < 1.29 is 9.47 Å². The zero-order chi connectivity index (χ0) is 12.1. The molecule has 17 heavy (non-hydrogen) atoms. The molecular weight excluding hydrogens is 214 g/mol. The van der Waals surface area contributed by atoms with Crippen molar-refractivity contribution >= 4 is 0 Å². The summed E-state index contributed by atoms with van der Waals surface area (Å²) < 4.78 is 11.1. The van der Waals surface area contributed by atoms with Crippen LogP contribution in [0.2, 0.25) is 0 Å². The summed E-state index contributed by atoms with van der Waals surface area (Å²) in [5, 5.41) is 0. The summed E-state index contributed by atoms with van der Waals surface area (Å²) in [5.41, 5.74) is 1.34. The number of methoxy groups -OCH3 is 2. The van der Waals surface area contributed by atoms with Gasteiger partial charge in [0.05, 0.1) is 6.54 Å². The molecule has 1 heterocycles. The molecule has 1 fully saturated rings. The molecule has 0 spiro atoms. The van der Waals surface area contributed by atoms with Crippen LogP contribution in [0.25, 0.3) is 0 Å². The van der Waals surface area contributed by atoms with Gasteiger partial charge in [-0.1, -0.05) is 30.3 Å². The van der Waals surface area contributed by atoms with Crippen molar-refractivity contribution in [3.05, 3.63) is 35.9 Å². The maximum Gasteiger partial charge on any atom is 0.180 e. The van der Waals surface area contributed by atoms with E-state index in [1.54, 1.807) is 14.2 Å². The van der Waals surface area contributed by atoms with Gasteiger partial charge in [0.2, 0.25) is 0 Å². The predicted molar refractivity (Wildman–Crippen MR) is 67.7 cm³/mol. The Balaban J connectivity index is 1.98. The van der Waals surface area contributed by atoms with E-state index in [4.69, 9.17) is 9.47 Å². The molecule has 1 aliphatic rings. The molecule has 0 atom stereocenters. The summed E-state index contributed by atoms with van der Waals surface area (Å²) >= 11 is 0. The summed E-state index contributed by atoms with van der Waals surface area (Å²) in [7, 11) is 3.46. The van der Waals surface area contributed by atoms with Crippen LogP contribution in [0.4, 0.5) is 0 Å². The van der Waals surface area contributed by atoms with Crippen molar-refractivity contribution in [1.82, 2.24) is 4.90 Å². The van der Waals surface area contributed by atoms with Gasteiger partial charge in [0, 0.05) is 27.2 Å². The molecule has 0 aliphatic carbocycles. The minimum Gasteiger partial charge on any atom is -0.352 e. The second-order valence-electron chi connectivity index (χ2n) is 4.62. The fourth-order valence-corrected chi connectivity index (χ4v) is 2.46. The Bertz CT molecular complexity index is 335. The Hall–Kier alpha value is -0.900. The minimum atomic E-state index is -0.410.